The summed E-state index contributed by atoms with van der Waals surface area (Å²) in [7, 11) is 0. The van der Waals surface area contributed by atoms with E-state index in [4.69, 9.17) is 0 Å². The van der Waals surface area contributed by atoms with Gasteiger partial charge in [-0.1, -0.05) is 85.5 Å². The molecule has 0 radical (unpaired) electrons. The predicted octanol–water partition coefficient (Wildman–Crippen LogP) is 6.98. The summed E-state index contributed by atoms with van der Waals surface area (Å²) < 4.78 is 0. The highest BCUT2D eigenvalue weighted by molar-refractivity contribution is 4.84. The molecule has 0 aromatic carbocycles. The third-order valence-electron chi connectivity index (χ3n) is 6.47. The minimum atomic E-state index is -0.0184. The quantitative estimate of drug-likeness (QED) is 0.410. The van der Waals surface area contributed by atoms with Crippen LogP contribution < -0.4 is 0 Å². The highest BCUT2D eigenvalue weighted by atomic mass is 16.3. The molecule has 1 rings (SSSR count). The maximum absolute atomic E-state index is 11.0. The van der Waals surface area contributed by atoms with Crippen LogP contribution >= 0.6 is 0 Å². The molecule has 0 spiro atoms. The Bertz CT molecular complexity index is 249. The molecule has 1 N–H and O–H groups in total. The molecule has 5 atom stereocenters. The Hall–Kier alpha value is -0.0400. The minimum Gasteiger partial charge on any atom is -0.393 e. The van der Waals surface area contributed by atoms with E-state index in [1.54, 1.807) is 0 Å². The molecule has 0 aliphatic heterocycles. The lowest BCUT2D eigenvalue weighted by atomic mass is 9.71. The zero-order chi connectivity index (χ0) is 17.1. The van der Waals surface area contributed by atoms with E-state index in [-0.39, 0.29) is 6.10 Å². The van der Waals surface area contributed by atoms with E-state index in [0.29, 0.717) is 11.8 Å². The number of hydrogen-bond donors (Lipinski definition) is 1. The first kappa shape index (κ1) is 21.0. The average molecular weight is 325 g/mol. The summed E-state index contributed by atoms with van der Waals surface area (Å²) in [4.78, 5) is 0. The molecule has 1 nitrogen and oxygen atoms in total. The number of aliphatic hydroxyl groups is 1. The molecule has 1 heteroatoms. The lowest BCUT2D eigenvalue weighted by molar-refractivity contribution is -0.00432. The molecule has 23 heavy (non-hydrogen) atoms. The molecule has 0 saturated heterocycles. The predicted molar refractivity (Wildman–Crippen MR) is 103 cm³/mol. The van der Waals surface area contributed by atoms with Gasteiger partial charge in [0.2, 0.25) is 0 Å². The summed E-state index contributed by atoms with van der Waals surface area (Å²) in [5.74, 6) is 2.85. The summed E-state index contributed by atoms with van der Waals surface area (Å²) in [6.45, 7) is 9.26. The fraction of sp³-hybridized carbons (Fsp3) is 1.00. The Morgan fingerprint density at radius 1 is 0.783 bits per heavy atom. The summed E-state index contributed by atoms with van der Waals surface area (Å²) in [5.41, 5.74) is 0. The molecule has 1 unspecified atom stereocenters. The smallest absolute Gasteiger partial charge is 0.0596 e. The van der Waals surface area contributed by atoms with Crippen molar-refractivity contribution in [2.45, 2.75) is 117 Å². The van der Waals surface area contributed by atoms with Crippen molar-refractivity contribution in [3.63, 3.8) is 0 Å². The van der Waals surface area contributed by atoms with E-state index in [9.17, 15) is 5.11 Å². The first-order chi connectivity index (χ1) is 11.2. The number of hydrogen-bond acceptors (Lipinski definition) is 1. The SMILES string of the molecule is CCCC[C@@H](CC)C[C@H]1CCC[C@@H](C[C@H](CC)CCCC)C1O. The Morgan fingerprint density at radius 2 is 1.22 bits per heavy atom. The summed E-state index contributed by atoms with van der Waals surface area (Å²) >= 11 is 0. The monoisotopic (exact) mass is 324 g/mol. The standard InChI is InChI=1S/C22H44O/c1-5-9-12-18(7-3)16-20-14-11-15-21(22(20)23)17-19(8-4)13-10-6-2/h18-23H,5-17H2,1-4H3/t18-,19-,20-,21+,22?/m1/s1. The van der Waals surface area contributed by atoms with Gasteiger partial charge in [0.1, 0.15) is 0 Å². The Balaban J connectivity index is 2.50. The zero-order valence-corrected chi connectivity index (χ0v) is 16.5. The van der Waals surface area contributed by atoms with Crippen molar-refractivity contribution in [1.29, 1.82) is 0 Å². The zero-order valence-electron chi connectivity index (χ0n) is 16.5. The van der Waals surface area contributed by atoms with Crippen LogP contribution in [0.15, 0.2) is 0 Å². The molecular formula is C22H44O. The van der Waals surface area contributed by atoms with Crippen LogP contribution in [0.25, 0.3) is 0 Å². The summed E-state index contributed by atoms with van der Waals surface area (Å²) in [6, 6.07) is 0. The second-order valence-corrected chi connectivity index (χ2v) is 8.25. The third-order valence-corrected chi connectivity index (χ3v) is 6.47. The molecule has 0 bridgehead atoms. The summed E-state index contributed by atoms with van der Waals surface area (Å²) in [5, 5.41) is 11.0. The first-order valence-corrected chi connectivity index (χ1v) is 10.8. The molecule has 1 aliphatic rings. The third kappa shape index (κ3) is 7.59. The molecule has 0 heterocycles. The van der Waals surface area contributed by atoms with Crippen LogP contribution in [0, 0.1) is 23.7 Å². The fourth-order valence-electron chi connectivity index (χ4n) is 4.70. The van der Waals surface area contributed by atoms with E-state index in [2.05, 4.69) is 27.7 Å². The van der Waals surface area contributed by atoms with Gasteiger partial charge in [0.05, 0.1) is 6.10 Å². The Labute approximate surface area is 146 Å². The maximum atomic E-state index is 11.0. The summed E-state index contributed by atoms with van der Waals surface area (Å²) in [6.07, 6.45) is 17.1. The van der Waals surface area contributed by atoms with Crippen LogP contribution in [0.4, 0.5) is 0 Å². The van der Waals surface area contributed by atoms with Crippen molar-refractivity contribution >= 4 is 0 Å². The highest BCUT2D eigenvalue weighted by Crippen LogP contribution is 2.39. The molecule has 0 aromatic rings. The van der Waals surface area contributed by atoms with Crippen LogP contribution in [0.2, 0.25) is 0 Å². The first-order valence-electron chi connectivity index (χ1n) is 10.8. The van der Waals surface area contributed by atoms with Gasteiger partial charge in [0.25, 0.3) is 0 Å². The van der Waals surface area contributed by atoms with Crippen LogP contribution in [-0.4, -0.2) is 11.2 Å². The van der Waals surface area contributed by atoms with Gasteiger partial charge in [-0.3, -0.25) is 0 Å². The molecule has 0 aromatic heterocycles. The van der Waals surface area contributed by atoms with Gasteiger partial charge in [-0.25, -0.2) is 0 Å². The van der Waals surface area contributed by atoms with Gasteiger partial charge >= 0.3 is 0 Å². The van der Waals surface area contributed by atoms with Gasteiger partial charge in [-0.2, -0.15) is 0 Å². The van der Waals surface area contributed by atoms with Gasteiger partial charge in [0.15, 0.2) is 0 Å². The molecule has 1 saturated carbocycles. The Morgan fingerprint density at radius 3 is 1.57 bits per heavy atom. The normalized spacial score (nSPS) is 27.8. The van der Waals surface area contributed by atoms with Crippen LogP contribution in [-0.2, 0) is 0 Å². The van der Waals surface area contributed by atoms with E-state index in [0.717, 1.165) is 11.8 Å². The fourth-order valence-corrected chi connectivity index (χ4v) is 4.70. The van der Waals surface area contributed by atoms with Crippen molar-refractivity contribution in [2.24, 2.45) is 23.7 Å². The van der Waals surface area contributed by atoms with Gasteiger partial charge in [-0.05, 0) is 49.4 Å². The van der Waals surface area contributed by atoms with Crippen molar-refractivity contribution in [3.05, 3.63) is 0 Å². The van der Waals surface area contributed by atoms with Crippen molar-refractivity contribution in [1.82, 2.24) is 0 Å². The highest BCUT2D eigenvalue weighted by Gasteiger charge is 2.33. The maximum Gasteiger partial charge on any atom is 0.0596 e. The Kier molecular flexibility index (Phi) is 11.3. The van der Waals surface area contributed by atoms with Crippen LogP contribution in [0.1, 0.15) is 111 Å². The van der Waals surface area contributed by atoms with Crippen molar-refractivity contribution in [3.8, 4) is 0 Å². The van der Waals surface area contributed by atoms with Gasteiger partial charge in [0, 0.05) is 0 Å². The second-order valence-electron chi connectivity index (χ2n) is 8.25. The number of aliphatic hydroxyl groups excluding tert-OH is 1. The van der Waals surface area contributed by atoms with Gasteiger partial charge < -0.3 is 5.11 Å². The van der Waals surface area contributed by atoms with Gasteiger partial charge in [-0.15, -0.1) is 0 Å². The topological polar surface area (TPSA) is 20.2 Å². The minimum absolute atomic E-state index is 0.0184. The second kappa shape index (κ2) is 12.3. The van der Waals surface area contributed by atoms with Crippen LogP contribution in [0.5, 0.6) is 0 Å². The van der Waals surface area contributed by atoms with E-state index in [1.807, 2.05) is 0 Å². The molecule has 0 amide bonds. The number of unbranched alkanes of at least 4 members (excludes halogenated alkanes) is 2. The molecule has 1 aliphatic carbocycles. The lowest BCUT2D eigenvalue weighted by Gasteiger charge is -2.38. The van der Waals surface area contributed by atoms with E-state index in [1.165, 1.54) is 83.5 Å². The van der Waals surface area contributed by atoms with Crippen molar-refractivity contribution in [2.75, 3.05) is 0 Å². The largest absolute Gasteiger partial charge is 0.393 e. The average Bonchev–Trinajstić information content (AvgIpc) is 2.57. The van der Waals surface area contributed by atoms with E-state index < -0.39 is 0 Å². The number of rotatable bonds is 12. The van der Waals surface area contributed by atoms with E-state index >= 15 is 0 Å². The van der Waals surface area contributed by atoms with Crippen LogP contribution in [0.3, 0.4) is 0 Å². The van der Waals surface area contributed by atoms with Crippen molar-refractivity contribution < 1.29 is 5.11 Å². The molecular weight excluding hydrogens is 280 g/mol. The molecule has 138 valence electrons. The lowest BCUT2D eigenvalue weighted by Crippen LogP contribution is -2.35. The molecule has 1 fully saturated rings.